The maximum absolute atomic E-state index is 11.8. The Morgan fingerprint density at radius 1 is 1.14 bits per heavy atom. The van der Waals surface area contributed by atoms with Crippen LogP contribution in [0.2, 0.25) is 0 Å². The summed E-state index contributed by atoms with van der Waals surface area (Å²) in [7, 11) is 1.67. The molecule has 188 valence electrons. The Labute approximate surface area is 211 Å². The fraction of sp³-hybridized carbons (Fsp3) is 0.677. The number of allylic oxidation sites excluding steroid dienone is 5. The van der Waals surface area contributed by atoms with E-state index in [2.05, 4.69) is 44.7 Å². The van der Waals surface area contributed by atoms with E-state index in [1.807, 2.05) is 0 Å². The van der Waals surface area contributed by atoms with Crippen LogP contribution >= 0.6 is 0 Å². The minimum absolute atomic E-state index is 0.0342. The van der Waals surface area contributed by atoms with E-state index in [0.29, 0.717) is 36.5 Å². The van der Waals surface area contributed by atoms with Gasteiger partial charge in [0.1, 0.15) is 18.5 Å². The number of hydrogen-bond acceptors (Lipinski definition) is 4. The summed E-state index contributed by atoms with van der Waals surface area (Å²) in [4.78, 5) is 11.8. The molecule has 0 N–H and O–H groups in total. The second-order valence-electron chi connectivity index (χ2n) is 12.2. The zero-order chi connectivity index (χ0) is 24.8. The number of carbonyl (C=O) groups is 1. The number of hydrogen-bond donors (Lipinski definition) is 0. The van der Waals surface area contributed by atoms with Crippen LogP contribution in [0, 0.1) is 45.3 Å². The van der Waals surface area contributed by atoms with Gasteiger partial charge in [0, 0.05) is 13.5 Å². The summed E-state index contributed by atoms with van der Waals surface area (Å²) in [6.45, 7) is 9.34. The van der Waals surface area contributed by atoms with Crippen molar-refractivity contribution in [3.63, 3.8) is 0 Å². The first-order valence-electron chi connectivity index (χ1n) is 13.6. The highest BCUT2D eigenvalue weighted by Gasteiger charge is 2.66. The number of nitriles is 1. The van der Waals surface area contributed by atoms with Gasteiger partial charge >= 0.3 is 0 Å². The van der Waals surface area contributed by atoms with Crippen molar-refractivity contribution in [1.82, 2.24) is 0 Å². The van der Waals surface area contributed by atoms with Gasteiger partial charge in [0.25, 0.3) is 0 Å². The molecule has 0 saturated heterocycles. The van der Waals surface area contributed by atoms with Gasteiger partial charge in [-0.15, -0.1) is 0 Å². The predicted octanol–water partition coefficient (Wildman–Crippen LogP) is 6.85. The molecule has 3 saturated carbocycles. The Morgan fingerprint density at radius 2 is 1.97 bits per heavy atom. The summed E-state index contributed by atoms with van der Waals surface area (Å²) in [6.07, 6.45) is 18.8. The number of fused-ring (bicyclic) bond motifs is 5. The van der Waals surface area contributed by atoms with Gasteiger partial charge in [-0.2, -0.15) is 5.26 Å². The van der Waals surface area contributed by atoms with Crippen molar-refractivity contribution >= 4 is 5.78 Å². The Kier molecular flexibility index (Phi) is 6.37. The summed E-state index contributed by atoms with van der Waals surface area (Å²) in [5.41, 5.74) is 2.68. The standard InChI is InChI=1S/C31H41NO3/c1-21(19-34-4)35-25-13-16-29(2)23(18-25)9-12-28-27(29)14-17-30(3)26(6-5-15-31(28,30)20-32)22-7-10-24(33)11-8-22/h7-8,10,18,25-28H,1,5-6,9,11-17,19H2,2-4H3. The number of carbonyl (C=O) groups excluding carboxylic acids is 1. The Balaban J connectivity index is 1.44. The average molecular weight is 476 g/mol. The Hall–Kier alpha value is -2.12. The molecule has 0 radical (unpaired) electrons. The first-order chi connectivity index (χ1) is 16.8. The zero-order valence-electron chi connectivity index (χ0n) is 21.8. The van der Waals surface area contributed by atoms with Crippen molar-refractivity contribution in [1.29, 1.82) is 5.26 Å². The molecule has 0 bridgehead atoms. The first kappa shape index (κ1) is 24.6. The molecule has 0 aliphatic heterocycles. The summed E-state index contributed by atoms with van der Waals surface area (Å²) in [5, 5.41) is 10.9. The van der Waals surface area contributed by atoms with Gasteiger partial charge in [0.2, 0.25) is 0 Å². The van der Waals surface area contributed by atoms with Gasteiger partial charge in [-0.25, -0.2) is 0 Å². The highest BCUT2D eigenvalue weighted by molar-refractivity contribution is 5.92. The Morgan fingerprint density at radius 3 is 2.69 bits per heavy atom. The van der Waals surface area contributed by atoms with Gasteiger partial charge in [0.05, 0.1) is 11.5 Å². The molecule has 5 rings (SSSR count). The topological polar surface area (TPSA) is 59.3 Å². The van der Waals surface area contributed by atoms with E-state index in [1.54, 1.807) is 18.8 Å². The first-order valence-corrected chi connectivity index (χ1v) is 13.6. The van der Waals surface area contributed by atoms with E-state index in [1.165, 1.54) is 12.0 Å². The monoisotopic (exact) mass is 475 g/mol. The van der Waals surface area contributed by atoms with Gasteiger partial charge in [0.15, 0.2) is 5.78 Å². The molecule has 0 amide bonds. The number of rotatable bonds is 5. The molecule has 0 heterocycles. The lowest BCUT2D eigenvalue weighted by molar-refractivity contribution is -0.136. The van der Waals surface area contributed by atoms with Crippen molar-refractivity contribution in [2.45, 2.75) is 84.2 Å². The summed E-state index contributed by atoms with van der Waals surface area (Å²) < 4.78 is 11.3. The van der Waals surface area contributed by atoms with Gasteiger partial charge < -0.3 is 9.47 Å². The summed E-state index contributed by atoms with van der Waals surface area (Å²) >= 11 is 0. The second kappa shape index (κ2) is 9.07. The maximum atomic E-state index is 11.8. The van der Waals surface area contributed by atoms with Crippen molar-refractivity contribution in [3.8, 4) is 6.07 Å². The lowest BCUT2D eigenvalue weighted by atomic mass is 9.37. The van der Waals surface area contributed by atoms with E-state index >= 15 is 0 Å². The van der Waals surface area contributed by atoms with E-state index in [-0.39, 0.29) is 28.1 Å². The van der Waals surface area contributed by atoms with Gasteiger partial charge in [-0.05, 0) is 97.7 Å². The van der Waals surface area contributed by atoms with E-state index < -0.39 is 0 Å². The quantitative estimate of drug-likeness (QED) is 0.322. The van der Waals surface area contributed by atoms with Crippen LogP contribution in [0.25, 0.3) is 0 Å². The molecule has 0 aromatic rings. The molecule has 0 aromatic heterocycles. The third-order valence-corrected chi connectivity index (χ3v) is 10.8. The molecule has 7 atom stereocenters. The number of ether oxygens (including phenoxy) is 2. The van der Waals surface area contributed by atoms with Crippen LogP contribution in [0.4, 0.5) is 0 Å². The number of methoxy groups -OCH3 is 1. The highest BCUT2D eigenvalue weighted by atomic mass is 16.5. The SMILES string of the molecule is C=C(COC)OC1C=C2CCC3C(CCC4(C)C(C5=CCC(=O)C=C5)CCCC34C#N)C2(C)CC1. The van der Waals surface area contributed by atoms with Crippen LogP contribution in [-0.2, 0) is 14.3 Å². The van der Waals surface area contributed by atoms with Crippen LogP contribution in [0.5, 0.6) is 0 Å². The lowest BCUT2D eigenvalue weighted by Crippen LogP contribution is -2.60. The van der Waals surface area contributed by atoms with Gasteiger partial charge in [-0.1, -0.05) is 44.6 Å². The molecule has 5 aliphatic carbocycles. The molecule has 0 aromatic carbocycles. The van der Waals surface area contributed by atoms with Crippen LogP contribution in [0.1, 0.15) is 78.1 Å². The van der Waals surface area contributed by atoms with Crippen LogP contribution in [-0.4, -0.2) is 25.6 Å². The third kappa shape index (κ3) is 3.77. The summed E-state index contributed by atoms with van der Waals surface area (Å²) in [6, 6.07) is 3.01. The fourth-order valence-electron chi connectivity index (χ4n) is 9.03. The molecular formula is C31H41NO3. The zero-order valence-corrected chi connectivity index (χ0v) is 21.8. The predicted molar refractivity (Wildman–Crippen MR) is 137 cm³/mol. The smallest absolute Gasteiger partial charge is 0.159 e. The van der Waals surface area contributed by atoms with Crippen LogP contribution in [0.15, 0.2) is 47.8 Å². The molecule has 0 spiro atoms. The molecule has 5 aliphatic rings. The number of nitrogens with zero attached hydrogens (tertiary/aromatic N) is 1. The van der Waals surface area contributed by atoms with E-state index in [9.17, 15) is 10.1 Å². The average Bonchev–Trinajstić information content (AvgIpc) is 2.84. The van der Waals surface area contributed by atoms with E-state index in [0.717, 1.165) is 51.4 Å². The lowest BCUT2D eigenvalue weighted by Gasteiger charge is -2.66. The fourth-order valence-corrected chi connectivity index (χ4v) is 9.03. The molecule has 4 nitrogen and oxygen atoms in total. The van der Waals surface area contributed by atoms with E-state index in [4.69, 9.17) is 9.47 Å². The summed E-state index contributed by atoms with van der Waals surface area (Å²) in [5.74, 6) is 2.25. The van der Waals surface area contributed by atoms with Crippen molar-refractivity contribution in [3.05, 3.63) is 47.8 Å². The van der Waals surface area contributed by atoms with Crippen molar-refractivity contribution < 1.29 is 14.3 Å². The minimum Gasteiger partial charge on any atom is -0.489 e. The molecule has 35 heavy (non-hydrogen) atoms. The maximum Gasteiger partial charge on any atom is 0.159 e. The van der Waals surface area contributed by atoms with Crippen LogP contribution < -0.4 is 0 Å². The largest absolute Gasteiger partial charge is 0.489 e. The van der Waals surface area contributed by atoms with Gasteiger partial charge in [-0.3, -0.25) is 4.79 Å². The Bertz CT molecular complexity index is 1030. The van der Waals surface area contributed by atoms with Crippen molar-refractivity contribution in [2.75, 3.05) is 13.7 Å². The van der Waals surface area contributed by atoms with Crippen LogP contribution in [0.3, 0.4) is 0 Å². The molecule has 4 heteroatoms. The molecule has 7 unspecified atom stereocenters. The van der Waals surface area contributed by atoms with Crippen molar-refractivity contribution in [2.24, 2.45) is 34.0 Å². The second-order valence-corrected chi connectivity index (χ2v) is 12.2. The minimum atomic E-state index is -0.288. The normalized spacial score (nSPS) is 42.5. The molecule has 3 fully saturated rings. The molecular weight excluding hydrogens is 434 g/mol. The number of ketones is 1. The third-order valence-electron chi connectivity index (χ3n) is 10.8. The highest BCUT2D eigenvalue weighted by Crippen LogP contribution is 2.71.